The Balaban J connectivity index is 2.43. The summed E-state index contributed by atoms with van der Waals surface area (Å²) < 4.78 is 6.03. The van der Waals surface area contributed by atoms with Gasteiger partial charge < -0.3 is 14.9 Å². The molecule has 4 heteroatoms. The van der Waals surface area contributed by atoms with Crippen molar-refractivity contribution in [2.24, 2.45) is 0 Å². The van der Waals surface area contributed by atoms with Crippen LogP contribution in [-0.2, 0) is 9.53 Å². The molecule has 1 aliphatic rings. The minimum Gasteiger partial charge on any atom is -0.478 e. The van der Waals surface area contributed by atoms with Crippen LogP contribution in [0.3, 0.4) is 0 Å². The van der Waals surface area contributed by atoms with Crippen molar-refractivity contribution in [1.82, 2.24) is 0 Å². The average molecular weight is 336 g/mol. The molecule has 0 radical (unpaired) electrons. The molecule has 0 aromatic carbocycles. The van der Waals surface area contributed by atoms with Gasteiger partial charge in [0.2, 0.25) is 0 Å². The van der Waals surface area contributed by atoms with E-state index in [-0.39, 0.29) is 11.7 Å². The van der Waals surface area contributed by atoms with E-state index in [1.54, 1.807) is 13.8 Å². The Morgan fingerprint density at radius 3 is 2.54 bits per heavy atom. The molecular formula is C20H32O4. The second kappa shape index (κ2) is 8.63. The summed E-state index contributed by atoms with van der Waals surface area (Å²) >= 11 is 0. The SMILES string of the molecule is C/C(=C\CC/C(C)=C/C(=O)O)C/C=C/[C@@]1(C)CC[C@H](C(C)(C)O)O1. The topological polar surface area (TPSA) is 66.8 Å². The molecule has 1 saturated heterocycles. The van der Waals surface area contributed by atoms with E-state index in [1.165, 1.54) is 11.6 Å². The van der Waals surface area contributed by atoms with E-state index in [9.17, 15) is 9.90 Å². The Morgan fingerprint density at radius 1 is 1.33 bits per heavy atom. The van der Waals surface area contributed by atoms with Crippen molar-refractivity contribution in [3.63, 3.8) is 0 Å². The van der Waals surface area contributed by atoms with Gasteiger partial charge in [0.1, 0.15) is 0 Å². The first kappa shape index (κ1) is 20.7. The van der Waals surface area contributed by atoms with E-state index in [2.05, 4.69) is 32.1 Å². The molecule has 1 heterocycles. The molecule has 1 fully saturated rings. The summed E-state index contributed by atoms with van der Waals surface area (Å²) in [5.41, 5.74) is 1.04. The highest BCUT2D eigenvalue weighted by Crippen LogP contribution is 2.36. The summed E-state index contributed by atoms with van der Waals surface area (Å²) in [5, 5.41) is 18.7. The zero-order valence-electron chi connectivity index (χ0n) is 15.6. The fourth-order valence-electron chi connectivity index (χ4n) is 2.89. The fraction of sp³-hybridized carbons (Fsp3) is 0.650. The molecule has 0 aromatic heterocycles. The van der Waals surface area contributed by atoms with Gasteiger partial charge in [-0.05, 0) is 66.7 Å². The van der Waals surface area contributed by atoms with Gasteiger partial charge in [0.25, 0.3) is 0 Å². The van der Waals surface area contributed by atoms with Gasteiger partial charge in [0.05, 0.1) is 17.3 Å². The Morgan fingerprint density at radius 2 is 2.00 bits per heavy atom. The standard InChI is InChI=1S/C20H32O4/c1-15(8-6-9-16(2)14-18(21)22)10-7-12-20(5)13-11-17(24-20)19(3,4)23/h7-8,12,14,17,23H,6,9-11,13H2,1-5H3,(H,21,22)/b12-7+,15-8+,16-14+/t17-,20+/m1/s1. The number of allylic oxidation sites excluding steroid dienone is 4. The van der Waals surface area contributed by atoms with Gasteiger partial charge in [-0.2, -0.15) is 0 Å². The number of rotatable bonds is 8. The highest BCUT2D eigenvalue weighted by molar-refractivity contribution is 5.80. The van der Waals surface area contributed by atoms with Gasteiger partial charge in [-0.3, -0.25) is 0 Å². The van der Waals surface area contributed by atoms with Gasteiger partial charge in [-0.1, -0.05) is 29.4 Å². The Kier molecular flexibility index (Phi) is 7.43. The predicted octanol–water partition coefficient (Wildman–Crippen LogP) is 4.40. The molecule has 2 N–H and O–H groups in total. The molecule has 0 unspecified atom stereocenters. The van der Waals surface area contributed by atoms with Crippen LogP contribution in [0.1, 0.15) is 66.7 Å². The molecule has 0 amide bonds. The number of ether oxygens (including phenoxy) is 1. The summed E-state index contributed by atoms with van der Waals surface area (Å²) in [4.78, 5) is 10.6. The van der Waals surface area contributed by atoms with Crippen LogP contribution in [0.15, 0.2) is 35.5 Å². The summed E-state index contributed by atoms with van der Waals surface area (Å²) in [5.74, 6) is -0.884. The van der Waals surface area contributed by atoms with Gasteiger partial charge in [-0.15, -0.1) is 0 Å². The normalized spacial score (nSPS) is 26.3. The molecule has 1 rings (SSSR count). The second-order valence-corrected chi connectivity index (χ2v) is 7.64. The lowest BCUT2D eigenvalue weighted by atomic mass is 9.96. The summed E-state index contributed by atoms with van der Waals surface area (Å²) in [7, 11) is 0. The molecule has 0 aromatic rings. The maximum atomic E-state index is 10.6. The van der Waals surface area contributed by atoms with E-state index in [4.69, 9.17) is 9.84 Å². The van der Waals surface area contributed by atoms with Crippen molar-refractivity contribution in [2.45, 2.75) is 84.0 Å². The molecule has 0 spiro atoms. The van der Waals surface area contributed by atoms with Gasteiger partial charge >= 0.3 is 5.97 Å². The third-order valence-corrected chi connectivity index (χ3v) is 4.41. The van der Waals surface area contributed by atoms with Crippen molar-refractivity contribution >= 4 is 5.97 Å². The third kappa shape index (κ3) is 7.45. The zero-order valence-corrected chi connectivity index (χ0v) is 15.6. The highest BCUT2D eigenvalue weighted by Gasteiger charge is 2.40. The molecule has 136 valence electrons. The first-order chi connectivity index (χ1) is 11.0. The molecule has 0 saturated carbocycles. The number of carboxylic acids is 1. The van der Waals surface area contributed by atoms with Crippen molar-refractivity contribution in [3.05, 3.63) is 35.5 Å². The average Bonchev–Trinajstić information content (AvgIpc) is 2.80. The molecule has 24 heavy (non-hydrogen) atoms. The highest BCUT2D eigenvalue weighted by atomic mass is 16.5. The minimum absolute atomic E-state index is 0.118. The molecular weight excluding hydrogens is 304 g/mol. The monoisotopic (exact) mass is 336 g/mol. The van der Waals surface area contributed by atoms with Crippen LogP contribution < -0.4 is 0 Å². The van der Waals surface area contributed by atoms with Crippen LogP contribution in [0.25, 0.3) is 0 Å². The van der Waals surface area contributed by atoms with Crippen LogP contribution in [0.5, 0.6) is 0 Å². The molecule has 2 atom stereocenters. The van der Waals surface area contributed by atoms with E-state index in [0.29, 0.717) is 0 Å². The first-order valence-electron chi connectivity index (χ1n) is 8.65. The fourth-order valence-corrected chi connectivity index (χ4v) is 2.89. The van der Waals surface area contributed by atoms with E-state index in [1.807, 2.05) is 6.92 Å². The number of carboxylic acid groups (broad SMARTS) is 1. The van der Waals surface area contributed by atoms with Crippen molar-refractivity contribution in [1.29, 1.82) is 0 Å². The summed E-state index contributed by atoms with van der Waals surface area (Å²) in [6, 6.07) is 0. The van der Waals surface area contributed by atoms with E-state index >= 15 is 0 Å². The summed E-state index contributed by atoms with van der Waals surface area (Å²) in [6.07, 6.45) is 11.8. The first-order valence-corrected chi connectivity index (χ1v) is 8.65. The largest absolute Gasteiger partial charge is 0.478 e. The van der Waals surface area contributed by atoms with Crippen LogP contribution in [0, 0.1) is 0 Å². The van der Waals surface area contributed by atoms with E-state index in [0.717, 1.165) is 37.7 Å². The van der Waals surface area contributed by atoms with Crippen LogP contribution in [0.2, 0.25) is 0 Å². The van der Waals surface area contributed by atoms with Crippen LogP contribution >= 0.6 is 0 Å². The molecule has 0 aliphatic carbocycles. The Bertz CT molecular complexity index is 522. The second-order valence-electron chi connectivity index (χ2n) is 7.64. The number of aliphatic carboxylic acids is 1. The maximum Gasteiger partial charge on any atom is 0.328 e. The predicted molar refractivity (Wildman–Crippen MR) is 97.0 cm³/mol. The number of hydrogen-bond acceptors (Lipinski definition) is 3. The Hall–Kier alpha value is -1.39. The smallest absolute Gasteiger partial charge is 0.328 e. The Labute approximate surface area is 145 Å². The number of carbonyl (C=O) groups is 1. The third-order valence-electron chi connectivity index (χ3n) is 4.41. The zero-order chi connectivity index (χ0) is 18.4. The van der Waals surface area contributed by atoms with Crippen molar-refractivity contribution < 1.29 is 19.7 Å². The molecule has 0 bridgehead atoms. The van der Waals surface area contributed by atoms with Crippen molar-refractivity contribution in [3.8, 4) is 0 Å². The minimum atomic E-state index is -0.884. The van der Waals surface area contributed by atoms with Crippen LogP contribution in [-0.4, -0.2) is 33.5 Å². The quantitative estimate of drug-likeness (QED) is 0.509. The lowest BCUT2D eigenvalue weighted by molar-refractivity contribution is -0.131. The van der Waals surface area contributed by atoms with Gasteiger partial charge in [-0.25, -0.2) is 4.79 Å². The number of hydrogen-bond donors (Lipinski definition) is 2. The summed E-state index contributed by atoms with van der Waals surface area (Å²) in [6.45, 7) is 9.57. The lowest BCUT2D eigenvalue weighted by Gasteiger charge is -2.28. The van der Waals surface area contributed by atoms with Gasteiger partial charge in [0, 0.05) is 6.08 Å². The van der Waals surface area contributed by atoms with Gasteiger partial charge in [0.15, 0.2) is 0 Å². The van der Waals surface area contributed by atoms with Crippen LogP contribution in [0.4, 0.5) is 0 Å². The van der Waals surface area contributed by atoms with Crippen molar-refractivity contribution in [2.75, 3.05) is 0 Å². The maximum absolute atomic E-state index is 10.6. The molecule has 4 nitrogen and oxygen atoms in total. The molecule has 1 aliphatic heterocycles. The van der Waals surface area contributed by atoms with E-state index < -0.39 is 11.6 Å². The number of aliphatic hydroxyl groups is 1. The lowest BCUT2D eigenvalue weighted by Crippen LogP contribution is -2.37.